The number of cyclic esters (lactones) is 1. The fourth-order valence-corrected chi connectivity index (χ4v) is 2.45. The van der Waals surface area contributed by atoms with Crippen LogP contribution in [0.1, 0.15) is 24.5 Å². The molecule has 1 heterocycles. The third-order valence-corrected chi connectivity index (χ3v) is 4.23. The van der Waals surface area contributed by atoms with E-state index in [9.17, 15) is 9.59 Å². The average molecular weight is 390 g/mol. The number of carbonyl (C=O) groups is 2. The molecule has 0 spiro atoms. The number of nitrogens with zero attached hydrogens (tertiary/aromatic N) is 1. The van der Waals surface area contributed by atoms with Crippen molar-refractivity contribution in [3.63, 3.8) is 0 Å². The van der Waals surface area contributed by atoms with Crippen LogP contribution in [-0.4, -0.2) is 17.8 Å². The second-order valence-electron chi connectivity index (χ2n) is 5.36. The van der Waals surface area contributed by atoms with Gasteiger partial charge in [0.15, 0.2) is 5.70 Å². The lowest BCUT2D eigenvalue weighted by atomic mass is 10.2. The van der Waals surface area contributed by atoms with E-state index in [1.807, 2.05) is 0 Å². The molecule has 0 radical (unpaired) electrons. The molecule has 26 heavy (non-hydrogen) atoms. The molecule has 0 atom stereocenters. The Morgan fingerprint density at radius 3 is 2.54 bits per heavy atom. The molecule has 1 aliphatic heterocycles. The Morgan fingerprint density at radius 1 is 1.15 bits per heavy atom. The van der Waals surface area contributed by atoms with E-state index in [4.69, 9.17) is 32.7 Å². The largest absolute Gasteiger partial charge is 0.427 e. The molecule has 0 unspecified atom stereocenters. The Hall–Kier alpha value is -2.63. The molecule has 0 fully saturated rings. The van der Waals surface area contributed by atoms with Crippen LogP contribution in [0.4, 0.5) is 0 Å². The zero-order valence-corrected chi connectivity index (χ0v) is 15.2. The van der Waals surface area contributed by atoms with Crippen molar-refractivity contribution in [2.45, 2.75) is 13.3 Å². The predicted molar refractivity (Wildman–Crippen MR) is 99.4 cm³/mol. The van der Waals surface area contributed by atoms with Gasteiger partial charge in [0.1, 0.15) is 5.75 Å². The van der Waals surface area contributed by atoms with Crippen LogP contribution in [0.3, 0.4) is 0 Å². The molecule has 3 rings (SSSR count). The minimum atomic E-state index is -0.562. The normalized spacial score (nSPS) is 15.0. The molecule has 132 valence electrons. The summed E-state index contributed by atoms with van der Waals surface area (Å²) in [6.07, 6.45) is 1.88. The molecule has 2 aromatic carbocycles. The summed E-state index contributed by atoms with van der Waals surface area (Å²) >= 11 is 11.9. The standard InChI is InChI=1S/C19H13Cl2NO4/c1-2-17(23)25-13-6-3-11(4-7-13)9-16-19(24)26-18(22-16)12-5-8-14(20)15(21)10-12/h3-10H,2H2,1H3/b16-9-. The minimum absolute atomic E-state index is 0.157. The van der Waals surface area contributed by atoms with Gasteiger partial charge < -0.3 is 9.47 Å². The molecule has 0 aliphatic carbocycles. The Kier molecular flexibility index (Phi) is 5.40. The molecular formula is C19H13Cl2NO4. The van der Waals surface area contributed by atoms with Crippen LogP contribution in [0.5, 0.6) is 5.75 Å². The highest BCUT2D eigenvalue weighted by atomic mass is 35.5. The van der Waals surface area contributed by atoms with Crippen LogP contribution in [-0.2, 0) is 14.3 Å². The van der Waals surface area contributed by atoms with E-state index in [0.29, 0.717) is 33.3 Å². The molecular weight excluding hydrogens is 377 g/mol. The van der Waals surface area contributed by atoms with Gasteiger partial charge in [0, 0.05) is 12.0 Å². The van der Waals surface area contributed by atoms with Gasteiger partial charge in [-0.15, -0.1) is 0 Å². The first-order valence-electron chi connectivity index (χ1n) is 7.75. The first-order chi connectivity index (χ1) is 12.5. The van der Waals surface area contributed by atoms with E-state index in [0.717, 1.165) is 0 Å². The fraction of sp³-hybridized carbons (Fsp3) is 0.105. The predicted octanol–water partition coefficient (Wildman–Crippen LogP) is 4.65. The molecule has 1 aliphatic rings. The fourth-order valence-electron chi connectivity index (χ4n) is 2.16. The van der Waals surface area contributed by atoms with E-state index in [1.54, 1.807) is 55.5 Å². The number of halogens is 2. The van der Waals surface area contributed by atoms with Gasteiger partial charge in [0.25, 0.3) is 0 Å². The van der Waals surface area contributed by atoms with E-state index in [2.05, 4.69) is 4.99 Å². The van der Waals surface area contributed by atoms with Gasteiger partial charge >= 0.3 is 11.9 Å². The summed E-state index contributed by atoms with van der Waals surface area (Å²) in [5.41, 5.74) is 1.43. The number of hydrogen-bond acceptors (Lipinski definition) is 5. The number of hydrogen-bond donors (Lipinski definition) is 0. The van der Waals surface area contributed by atoms with E-state index in [-0.39, 0.29) is 17.6 Å². The van der Waals surface area contributed by atoms with Crippen LogP contribution >= 0.6 is 23.2 Å². The lowest BCUT2D eigenvalue weighted by Gasteiger charge is -2.02. The van der Waals surface area contributed by atoms with Crippen LogP contribution < -0.4 is 4.74 Å². The topological polar surface area (TPSA) is 65.0 Å². The maximum atomic E-state index is 12.0. The summed E-state index contributed by atoms with van der Waals surface area (Å²) in [7, 11) is 0. The number of aliphatic imine (C=N–C) groups is 1. The van der Waals surface area contributed by atoms with Crippen molar-refractivity contribution in [3.05, 3.63) is 69.3 Å². The van der Waals surface area contributed by atoms with Gasteiger partial charge in [-0.05, 0) is 42.0 Å². The third kappa shape index (κ3) is 4.12. The summed E-state index contributed by atoms with van der Waals surface area (Å²) in [5, 5.41) is 0.748. The quantitative estimate of drug-likeness (QED) is 0.433. The summed E-state index contributed by atoms with van der Waals surface area (Å²) in [4.78, 5) is 27.5. The van der Waals surface area contributed by atoms with Crippen molar-refractivity contribution in [1.29, 1.82) is 0 Å². The molecule has 0 bridgehead atoms. The number of benzene rings is 2. The van der Waals surface area contributed by atoms with Gasteiger partial charge in [-0.3, -0.25) is 4.79 Å². The zero-order valence-electron chi connectivity index (χ0n) is 13.7. The summed E-state index contributed by atoms with van der Waals surface area (Å²) in [5.74, 6) is -0.278. The highest BCUT2D eigenvalue weighted by Crippen LogP contribution is 2.26. The summed E-state index contributed by atoms with van der Waals surface area (Å²) in [6, 6.07) is 11.6. The highest BCUT2D eigenvalue weighted by Gasteiger charge is 2.24. The molecule has 5 nitrogen and oxygen atoms in total. The maximum absolute atomic E-state index is 12.0. The summed E-state index contributed by atoms with van der Waals surface area (Å²) < 4.78 is 10.3. The Labute approximate surface area is 159 Å². The van der Waals surface area contributed by atoms with Gasteiger partial charge in [-0.25, -0.2) is 9.79 Å². The lowest BCUT2D eigenvalue weighted by Crippen LogP contribution is -2.05. The molecule has 0 aromatic heterocycles. The number of carbonyl (C=O) groups excluding carboxylic acids is 2. The number of rotatable bonds is 4. The monoisotopic (exact) mass is 389 g/mol. The summed E-state index contributed by atoms with van der Waals surface area (Å²) in [6.45, 7) is 1.72. The maximum Gasteiger partial charge on any atom is 0.363 e. The molecule has 0 amide bonds. The van der Waals surface area contributed by atoms with E-state index >= 15 is 0 Å². The van der Waals surface area contributed by atoms with Crippen molar-refractivity contribution in [3.8, 4) is 5.75 Å². The van der Waals surface area contributed by atoms with Gasteiger partial charge in [-0.1, -0.05) is 42.3 Å². The number of esters is 2. The zero-order chi connectivity index (χ0) is 18.7. The Morgan fingerprint density at radius 2 is 1.88 bits per heavy atom. The van der Waals surface area contributed by atoms with Crippen molar-refractivity contribution in [2.75, 3.05) is 0 Å². The Bertz CT molecular complexity index is 933. The van der Waals surface area contributed by atoms with E-state index in [1.165, 1.54) is 0 Å². The second-order valence-corrected chi connectivity index (χ2v) is 6.18. The average Bonchev–Trinajstić information content (AvgIpc) is 2.99. The minimum Gasteiger partial charge on any atom is -0.427 e. The molecule has 0 saturated heterocycles. The van der Waals surface area contributed by atoms with Crippen LogP contribution in [0.2, 0.25) is 10.0 Å². The SMILES string of the molecule is CCC(=O)Oc1ccc(/C=C2\N=C(c3ccc(Cl)c(Cl)c3)OC2=O)cc1. The second kappa shape index (κ2) is 7.72. The van der Waals surface area contributed by atoms with Gasteiger partial charge in [0.05, 0.1) is 10.0 Å². The molecule has 2 aromatic rings. The van der Waals surface area contributed by atoms with Crippen molar-refractivity contribution in [2.24, 2.45) is 4.99 Å². The van der Waals surface area contributed by atoms with Crippen molar-refractivity contribution >= 4 is 47.1 Å². The number of ether oxygens (including phenoxy) is 2. The van der Waals surface area contributed by atoms with Crippen molar-refractivity contribution in [1.82, 2.24) is 0 Å². The third-order valence-electron chi connectivity index (χ3n) is 3.49. The van der Waals surface area contributed by atoms with E-state index < -0.39 is 5.97 Å². The van der Waals surface area contributed by atoms with Crippen LogP contribution in [0.15, 0.2) is 53.2 Å². The Balaban J connectivity index is 1.82. The van der Waals surface area contributed by atoms with Crippen LogP contribution in [0, 0.1) is 0 Å². The van der Waals surface area contributed by atoms with Crippen LogP contribution in [0.25, 0.3) is 6.08 Å². The molecule has 0 N–H and O–H groups in total. The molecule has 7 heteroatoms. The molecule has 0 saturated carbocycles. The lowest BCUT2D eigenvalue weighted by molar-refractivity contribution is -0.134. The smallest absolute Gasteiger partial charge is 0.363 e. The first kappa shape index (κ1) is 18.2. The van der Waals surface area contributed by atoms with Gasteiger partial charge in [-0.2, -0.15) is 0 Å². The van der Waals surface area contributed by atoms with Crippen molar-refractivity contribution < 1.29 is 19.1 Å². The van der Waals surface area contributed by atoms with Gasteiger partial charge in [0.2, 0.25) is 5.90 Å². The highest BCUT2D eigenvalue weighted by molar-refractivity contribution is 6.42. The first-order valence-corrected chi connectivity index (χ1v) is 8.50.